The molecule has 70 valence electrons. The predicted molar refractivity (Wildman–Crippen MR) is 57.4 cm³/mol. The second-order valence-corrected chi connectivity index (χ2v) is 5.01. The molecular weight excluding hydrogens is 213 g/mol. The topological polar surface area (TPSA) is 43.8 Å². The molecule has 0 aromatic carbocycles. The van der Waals surface area contributed by atoms with Crippen molar-refractivity contribution in [2.24, 2.45) is 0 Å². The summed E-state index contributed by atoms with van der Waals surface area (Å²) < 4.78 is 3.95. The number of carboxylic acids is 1. The molecule has 1 heterocycles. The van der Waals surface area contributed by atoms with E-state index >= 15 is 0 Å². The zero-order chi connectivity index (χ0) is 9.14. The normalized spacial score (nSPS) is 28.3. The second-order valence-electron chi connectivity index (χ2n) is 2.67. The third kappa shape index (κ3) is 2.58. The van der Waals surface area contributed by atoms with E-state index in [4.69, 9.17) is 5.11 Å². The molecule has 4 nitrogen and oxygen atoms in total. The smallest absolute Gasteiger partial charge is 0.322 e. The van der Waals surface area contributed by atoms with Crippen LogP contribution in [0.1, 0.15) is 0 Å². The third-order valence-electron chi connectivity index (χ3n) is 1.86. The lowest BCUT2D eigenvalue weighted by Gasteiger charge is -2.36. The summed E-state index contributed by atoms with van der Waals surface area (Å²) >= 11 is 0. The first-order chi connectivity index (χ1) is 5.65. The highest BCUT2D eigenvalue weighted by Gasteiger charge is 2.29. The van der Waals surface area contributed by atoms with Crippen LogP contribution in [0.2, 0.25) is 0 Å². The SMILES string of the molecule is O=C(O)C1CN(P)CCN1PP. The first kappa shape index (κ1) is 10.8. The van der Waals surface area contributed by atoms with E-state index in [0.29, 0.717) is 15.0 Å². The Kier molecular flexibility index (Phi) is 4.29. The summed E-state index contributed by atoms with van der Waals surface area (Å²) in [5.41, 5.74) is 0. The van der Waals surface area contributed by atoms with Crippen molar-refractivity contribution in [2.45, 2.75) is 6.04 Å². The van der Waals surface area contributed by atoms with Gasteiger partial charge in [-0.3, -0.25) is 14.1 Å². The molecule has 1 fully saturated rings. The van der Waals surface area contributed by atoms with Crippen LogP contribution < -0.4 is 0 Å². The molecule has 0 saturated carbocycles. The van der Waals surface area contributed by atoms with Gasteiger partial charge in [-0.25, -0.2) is 0 Å². The minimum atomic E-state index is -0.725. The molecule has 1 aliphatic heterocycles. The lowest BCUT2D eigenvalue weighted by molar-refractivity contribution is -0.142. The molecule has 0 spiro atoms. The molecule has 0 aromatic rings. The maximum atomic E-state index is 10.8. The molecule has 7 heteroatoms. The van der Waals surface area contributed by atoms with Crippen molar-refractivity contribution in [1.29, 1.82) is 0 Å². The summed E-state index contributed by atoms with van der Waals surface area (Å²) in [7, 11) is 5.65. The van der Waals surface area contributed by atoms with Crippen LogP contribution in [0.15, 0.2) is 0 Å². The van der Waals surface area contributed by atoms with Gasteiger partial charge in [0.05, 0.1) is 0 Å². The highest BCUT2D eigenvalue weighted by Crippen LogP contribution is 2.31. The Morgan fingerprint density at radius 1 is 1.58 bits per heavy atom. The van der Waals surface area contributed by atoms with E-state index in [1.165, 1.54) is 0 Å². The molecule has 1 N–H and O–H groups in total. The average Bonchev–Trinajstić information content (AvgIpc) is 2.04. The minimum absolute atomic E-state index is 0.341. The Hall–Kier alpha value is 0.680. The van der Waals surface area contributed by atoms with E-state index in [9.17, 15) is 4.79 Å². The zero-order valence-electron chi connectivity index (χ0n) is 6.60. The number of hydrogen-bond donors (Lipinski definition) is 1. The van der Waals surface area contributed by atoms with Gasteiger partial charge in [0.1, 0.15) is 6.04 Å². The summed E-state index contributed by atoms with van der Waals surface area (Å²) in [5.74, 6) is -0.725. The molecule has 1 rings (SSSR count). The fraction of sp³-hybridized carbons (Fsp3) is 0.800. The van der Waals surface area contributed by atoms with Gasteiger partial charge in [0.2, 0.25) is 0 Å². The quantitative estimate of drug-likeness (QED) is 0.684. The van der Waals surface area contributed by atoms with Gasteiger partial charge in [-0.2, -0.15) is 0 Å². The van der Waals surface area contributed by atoms with Crippen LogP contribution in [-0.2, 0) is 4.79 Å². The Morgan fingerprint density at radius 3 is 2.75 bits per heavy atom. The van der Waals surface area contributed by atoms with Crippen LogP contribution in [0.5, 0.6) is 0 Å². The number of carbonyl (C=O) groups is 1. The van der Waals surface area contributed by atoms with Crippen molar-refractivity contribution in [1.82, 2.24) is 9.34 Å². The van der Waals surface area contributed by atoms with Crippen LogP contribution in [-0.4, -0.2) is 46.1 Å². The Bertz CT molecular complexity index is 180. The number of piperazine rings is 1. The number of nitrogens with zero attached hydrogens (tertiary/aromatic N) is 2. The monoisotopic (exact) mass is 226 g/mol. The van der Waals surface area contributed by atoms with E-state index in [-0.39, 0.29) is 6.04 Å². The Labute approximate surface area is 78.3 Å². The second kappa shape index (κ2) is 4.79. The number of carboxylic acid groups (broad SMARTS) is 1. The van der Waals surface area contributed by atoms with Crippen LogP contribution in [0.4, 0.5) is 0 Å². The molecule has 0 aromatic heterocycles. The van der Waals surface area contributed by atoms with Gasteiger partial charge in [-0.05, 0) is 8.42 Å². The first-order valence-electron chi connectivity index (χ1n) is 3.60. The van der Waals surface area contributed by atoms with Crippen molar-refractivity contribution >= 4 is 32.7 Å². The molecule has 4 unspecified atom stereocenters. The van der Waals surface area contributed by atoms with E-state index in [2.05, 4.69) is 18.3 Å². The van der Waals surface area contributed by atoms with Crippen LogP contribution in [0, 0.1) is 0 Å². The van der Waals surface area contributed by atoms with Crippen molar-refractivity contribution in [2.75, 3.05) is 19.6 Å². The molecule has 0 radical (unpaired) electrons. The summed E-state index contributed by atoms with van der Waals surface area (Å²) in [6, 6.07) is -0.341. The maximum absolute atomic E-state index is 10.8. The van der Waals surface area contributed by atoms with Crippen molar-refractivity contribution < 1.29 is 9.90 Å². The summed E-state index contributed by atoms with van der Waals surface area (Å²) in [5, 5.41) is 8.88. The largest absolute Gasteiger partial charge is 0.480 e. The average molecular weight is 226 g/mol. The van der Waals surface area contributed by atoms with Crippen LogP contribution in [0.3, 0.4) is 0 Å². The van der Waals surface area contributed by atoms with Gasteiger partial charge in [0.25, 0.3) is 0 Å². The minimum Gasteiger partial charge on any atom is -0.480 e. The third-order valence-corrected chi connectivity index (χ3v) is 4.19. The van der Waals surface area contributed by atoms with Gasteiger partial charge in [0, 0.05) is 19.6 Å². The molecule has 1 saturated heterocycles. The van der Waals surface area contributed by atoms with Crippen molar-refractivity contribution in [3.8, 4) is 0 Å². The van der Waals surface area contributed by atoms with Gasteiger partial charge >= 0.3 is 5.97 Å². The van der Waals surface area contributed by atoms with Crippen molar-refractivity contribution in [3.05, 3.63) is 0 Å². The molecule has 0 aliphatic carbocycles. The molecule has 12 heavy (non-hydrogen) atoms. The van der Waals surface area contributed by atoms with Crippen LogP contribution >= 0.6 is 26.7 Å². The van der Waals surface area contributed by atoms with Crippen LogP contribution in [0.25, 0.3) is 0 Å². The van der Waals surface area contributed by atoms with Crippen molar-refractivity contribution in [3.63, 3.8) is 0 Å². The fourth-order valence-electron chi connectivity index (χ4n) is 1.17. The predicted octanol–water partition coefficient (Wildman–Crippen LogP) is 0.231. The highest BCUT2D eigenvalue weighted by atomic mass is 32.0. The van der Waals surface area contributed by atoms with E-state index in [1.807, 2.05) is 9.34 Å². The van der Waals surface area contributed by atoms with Gasteiger partial charge in [0.15, 0.2) is 0 Å². The summed E-state index contributed by atoms with van der Waals surface area (Å²) in [6.45, 7) is 2.36. The Morgan fingerprint density at radius 2 is 2.25 bits per heavy atom. The van der Waals surface area contributed by atoms with Gasteiger partial charge < -0.3 is 5.11 Å². The maximum Gasteiger partial charge on any atom is 0.322 e. The number of aliphatic carboxylic acids is 1. The molecule has 1 aliphatic rings. The molecule has 4 atom stereocenters. The molecular formula is C5H13N2O2P3. The standard InChI is InChI=1S/C5H13N2O2P3/c8-5(9)4-3-6(10)1-2-7(4)12-11/h4,12H,1-3,10-11H2,(H,8,9). The van der Waals surface area contributed by atoms with Gasteiger partial charge in [-0.15, -0.1) is 0 Å². The lowest BCUT2D eigenvalue weighted by Crippen LogP contribution is -2.49. The summed E-state index contributed by atoms with van der Waals surface area (Å²) in [4.78, 5) is 10.8. The molecule has 0 bridgehead atoms. The number of rotatable bonds is 2. The molecule has 0 amide bonds. The first-order valence-corrected chi connectivity index (χ1v) is 6.88. The lowest BCUT2D eigenvalue weighted by atomic mass is 10.2. The van der Waals surface area contributed by atoms with E-state index in [0.717, 1.165) is 13.1 Å². The van der Waals surface area contributed by atoms with E-state index < -0.39 is 5.97 Å². The number of hydrogen-bond acceptors (Lipinski definition) is 3. The Balaban J connectivity index is 2.58. The zero-order valence-corrected chi connectivity index (χ0v) is 9.91. The van der Waals surface area contributed by atoms with Gasteiger partial charge in [-0.1, -0.05) is 18.3 Å². The highest BCUT2D eigenvalue weighted by molar-refractivity contribution is 8.01. The van der Waals surface area contributed by atoms with E-state index in [1.54, 1.807) is 0 Å². The fourth-order valence-corrected chi connectivity index (χ4v) is 3.01. The summed E-state index contributed by atoms with van der Waals surface area (Å²) in [6.07, 6.45) is 0.